The van der Waals surface area contributed by atoms with Gasteiger partial charge < -0.3 is 15.2 Å². The van der Waals surface area contributed by atoms with E-state index in [0.29, 0.717) is 17.1 Å². The zero-order chi connectivity index (χ0) is 13.8. The largest absolute Gasteiger partial charge is 0.493 e. The molecule has 98 valence electrons. The average molecular weight is 256 g/mol. The maximum absolute atomic E-state index is 7.40. The molecule has 0 unspecified atom stereocenters. The zero-order valence-electron chi connectivity index (χ0n) is 10.9. The van der Waals surface area contributed by atoms with Crippen LogP contribution >= 0.6 is 0 Å². The van der Waals surface area contributed by atoms with Crippen LogP contribution in [0.15, 0.2) is 42.5 Å². The van der Waals surface area contributed by atoms with Gasteiger partial charge in [-0.25, -0.2) is 0 Å². The second-order valence-electron chi connectivity index (χ2n) is 4.15. The fourth-order valence-electron chi connectivity index (χ4n) is 1.75. The van der Waals surface area contributed by atoms with Gasteiger partial charge in [0.05, 0.1) is 7.11 Å². The van der Waals surface area contributed by atoms with Crippen LogP contribution in [0.4, 0.5) is 0 Å². The molecule has 0 aliphatic heterocycles. The number of hydrogen-bond acceptors (Lipinski definition) is 3. The van der Waals surface area contributed by atoms with Crippen LogP contribution in [0.5, 0.6) is 17.2 Å². The molecule has 4 nitrogen and oxygen atoms in total. The third kappa shape index (κ3) is 2.85. The molecular formula is C15H16N2O2. The maximum Gasteiger partial charge on any atom is 0.169 e. The Bertz CT molecular complexity index is 609. The standard InChI is InChI=1S/C15H16N2O2/c1-10-9-11(15(16)17)7-8-12(10)19-14-6-4-3-5-13(14)18-2/h3-9H,1-2H3,(H3,16,17). The van der Waals surface area contributed by atoms with Gasteiger partial charge in [-0.1, -0.05) is 12.1 Å². The second kappa shape index (κ2) is 5.44. The van der Waals surface area contributed by atoms with Gasteiger partial charge in [0.1, 0.15) is 11.6 Å². The van der Waals surface area contributed by atoms with Crippen molar-refractivity contribution in [3.63, 3.8) is 0 Å². The zero-order valence-corrected chi connectivity index (χ0v) is 10.9. The first-order chi connectivity index (χ1) is 9.11. The summed E-state index contributed by atoms with van der Waals surface area (Å²) in [6, 6.07) is 12.9. The average Bonchev–Trinajstić information content (AvgIpc) is 2.41. The summed E-state index contributed by atoms with van der Waals surface area (Å²) in [6.45, 7) is 1.91. The van der Waals surface area contributed by atoms with Gasteiger partial charge in [-0.05, 0) is 42.8 Å². The van der Waals surface area contributed by atoms with Gasteiger partial charge in [0.25, 0.3) is 0 Å². The lowest BCUT2D eigenvalue weighted by atomic mass is 10.1. The molecule has 3 N–H and O–H groups in total. The summed E-state index contributed by atoms with van der Waals surface area (Å²) in [5, 5.41) is 7.40. The van der Waals surface area contributed by atoms with E-state index in [1.54, 1.807) is 19.2 Å². The number of amidine groups is 1. The van der Waals surface area contributed by atoms with E-state index in [2.05, 4.69) is 0 Å². The number of ether oxygens (including phenoxy) is 2. The van der Waals surface area contributed by atoms with Gasteiger partial charge in [-0.15, -0.1) is 0 Å². The van der Waals surface area contributed by atoms with Gasteiger partial charge in [0, 0.05) is 5.56 Å². The van der Waals surface area contributed by atoms with Crippen LogP contribution in [-0.4, -0.2) is 12.9 Å². The van der Waals surface area contributed by atoms with E-state index in [0.717, 1.165) is 11.3 Å². The Morgan fingerprint density at radius 1 is 1.05 bits per heavy atom. The molecule has 2 aromatic rings. The maximum atomic E-state index is 7.40. The number of nitrogen functional groups attached to an aromatic ring is 1. The Kier molecular flexibility index (Phi) is 3.71. The van der Waals surface area contributed by atoms with Gasteiger partial charge in [-0.2, -0.15) is 0 Å². The van der Waals surface area contributed by atoms with Crippen molar-refractivity contribution < 1.29 is 9.47 Å². The highest BCUT2D eigenvalue weighted by Gasteiger charge is 2.07. The highest BCUT2D eigenvalue weighted by Crippen LogP contribution is 2.32. The Balaban J connectivity index is 2.31. The fourth-order valence-corrected chi connectivity index (χ4v) is 1.75. The van der Waals surface area contributed by atoms with E-state index in [9.17, 15) is 0 Å². The molecule has 0 aromatic heterocycles. The highest BCUT2D eigenvalue weighted by atomic mass is 16.5. The summed E-state index contributed by atoms with van der Waals surface area (Å²) in [7, 11) is 1.61. The Morgan fingerprint density at radius 2 is 1.74 bits per heavy atom. The van der Waals surface area contributed by atoms with E-state index in [4.69, 9.17) is 20.6 Å². The van der Waals surface area contributed by atoms with Crippen molar-refractivity contribution in [2.24, 2.45) is 5.73 Å². The monoisotopic (exact) mass is 256 g/mol. The molecule has 0 fully saturated rings. The minimum absolute atomic E-state index is 0.0481. The van der Waals surface area contributed by atoms with Crippen molar-refractivity contribution in [2.45, 2.75) is 6.92 Å². The van der Waals surface area contributed by atoms with E-state index in [-0.39, 0.29) is 5.84 Å². The molecule has 0 atom stereocenters. The number of rotatable bonds is 4. The molecule has 0 saturated carbocycles. The molecule has 0 aliphatic carbocycles. The first kappa shape index (κ1) is 13.0. The van der Waals surface area contributed by atoms with E-state index < -0.39 is 0 Å². The van der Waals surface area contributed by atoms with Crippen LogP contribution in [0.25, 0.3) is 0 Å². The SMILES string of the molecule is COc1ccccc1Oc1ccc(C(=N)N)cc1C. The number of nitrogens with two attached hydrogens (primary N) is 1. The van der Waals surface area contributed by atoms with Crippen LogP contribution in [0.1, 0.15) is 11.1 Å². The van der Waals surface area contributed by atoms with Gasteiger partial charge in [-0.3, -0.25) is 5.41 Å². The summed E-state index contributed by atoms with van der Waals surface area (Å²) in [5.41, 5.74) is 7.05. The minimum Gasteiger partial charge on any atom is -0.493 e. The topological polar surface area (TPSA) is 68.3 Å². The molecule has 0 spiro atoms. The van der Waals surface area contributed by atoms with Crippen molar-refractivity contribution in [3.05, 3.63) is 53.6 Å². The smallest absolute Gasteiger partial charge is 0.169 e. The van der Waals surface area contributed by atoms with Crippen molar-refractivity contribution in [3.8, 4) is 17.2 Å². The highest BCUT2D eigenvalue weighted by molar-refractivity contribution is 5.95. The number of nitrogens with one attached hydrogen (secondary N) is 1. The van der Waals surface area contributed by atoms with Crippen molar-refractivity contribution in [1.82, 2.24) is 0 Å². The molecule has 4 heteroatoms. The van der Waals surface area contributed by atoms with Crippen LogP contribution in [0.3, 0.4) is 0 Å². The molecule has 0 amide bonds. The predicted octanol–water partition coefficient (Wildman–Crippen LogP) is 3.08. The molecule has 0 radical (unpaired) electrons. The van der Waals surface area contributed by atoms with Crippen LogP contribution < -0.4 is 15.2 Å². The van der Waals surface area contributed by atoms with Gasteiger partial charge >= 0.3 is 0 Å². The van der Waals surface area contributed by atoms with Crippen LogP contribution in [0, 0.1) is 12.3 Å². The molecule has 19 heavy (non-hydrogen) atoms. The van der Waals surface area contributed by atoms with Crippen molar-refractivity contribution in [1.29, 1.82) is 5.41 Å². The first-order valence-corrected chi connectivity index (χ1v) is 5.87. The van der Waals surface area contributed by atoms with Crippen LogP contribution in [0.2, 0.25) is 0 Å². The Morgan fingerprint density at radius 3 is 2.32 bits per heavy atom. The molecule has 2 aromatic carbocycles. The number of para-hydroxylation sites is 2. The minimum atomic E-state index is 0.0481. The summed E-state index contributed by atoms with van der Waals surface area (Å²) >= 11 is 0. The number of benzene rings is 2. The van der Waals surface area contributed by atoms with Gasteiger partial charge in [0.15, 0.2) is 11.5 Å². The lowest BCUT2D eigenvalue weighted by molar-refractivity contribution is 0.378. The second-order valence-corrected chi connectivity index (χ2v) is 4.15. The van der Waals surface area contributed by atoms with Gasteiger partial charge in [0.2, 0.25) is 0 Å². The van der Waals surface area contributed by atoms with E-state index in [1.165, 1.54) is 0 Å². The number of hydrogen-bond donors (Lipinski definition) is 2. The third-order valence-electron chi connectivity index (χ3n) is 2.77. The fraction of sp³-hybridized carbons (Fsp3) is 0.133. The first-order valence-electron chi connectivity index (χ1n) is 5.87. The van der Waals surface area contributed by atoms with Crippen LogP contribution in [-0.2, 0) is 0 Å². The summed E-state index contributed by atoms with van der Waals surface area (Å²) < 4.78 is 11.1. The summed E-state index contributed by atoms with van der Waals surface area (Å²) in [5.74, 6) is 2.10. The Hall–Kier alpha value is -2.49. The quantitative estimate of drug-likeness (QED) is 0.652. The molecule has 2 rings (SSSR count). The molecule has 0 saturated heterocycles. The predicted molar refractivity (Wildman–Crippen MR) is 75.3 cm³/mol. The van der Waals surface area contributed by atoms with E-state index in [1.807, 2.05) is 37.3 Å². The number of aryl methyl sites for hydroxylation is 1. The molecular weight excluding hydrogens is 240 g/mol. The molecule has 0 bridgehead atoms. The summed E-state index contributed by atoms with van der Waals surface area (Å²) in [4.78, 5) is 0. The molecule has 0 aliphatic rings. The van der Waals surface area contributed by atoms with E-state index >= 15 is 0 Å². The van der Waals surface area contributed by atoms with Crippen molar-refractivity contribution in [2.75, 3.05) is 7.11 Å². The van der Waals surface area contributed by atoms with Crippen molar-refractivity contribution >= 4 is 5.84 Å². The summed E-state index contributed by atoms with van der Waals surface area (Å²) in [6.07, 6.45) is 0. The normalized spacial score (nSPS) is 10.0. The number of methoxy groups -OCH3 is 1. The molecule has 0 heterocycles. The third-order valence-corrected chi connectivity index (χ3v) is 2.77. The lowest BCUT2D eigenvalue weighted by Gasteiger charge is -2.12. The lowest BCUT2D eigenvalue weighted by Crippen LogP contribution is -2.11. The Labute approximate surface area is 112 Å².